The van der Waals surface area contributed by atoms with Crippen LogP contribution < -0.4 is 0 Å². The Morgan fingerprint density at radius 3 is 1.53 bits per heavy atom. The van der Waals surface area contributed by atoms with Crippen LogP contribution in [-0.2, 0) is 9.53 Å². The van der Waals surface area contributed by atoms with Crippen molar-refractivity contribution >= 4 is 5.78 Å². The second-order valence-corrected chi connectivity index (χ2v) is 14.5. The maximum atomic E-state index is 15.3. The summed E-state index contributed by atoms with van der Waals surface area (Å²) >= 11 is 0. The molecule has 2 nitrogen and oxygen atoms in total. The standard InChI is InChI=1S/C32H54F2O2/c1-22-6-8-23(9-7-22)24-10-20-29(21-11-24)36-32(33,34)27-14-12-25(13-15-27)30(2,3)31(4,5)26-16-18-28(35)19-17-26/h22-27,29H,6-21H2,1-5H3. The predicted octanol–water partition coefficient (Wildman–Crippen LogP) is 9.60. The zero-order chi connectivity index (χ0) is 26.1. The van der Waals surface area contributed by atoms with E-state index in [0.29, 0.717) is 43.3 Å². The highest BCUT2D eigenvalue weighted by Gasteiger charge is 2.51. The van der Waals surface area contributed by atoms with Gasteiger partial charge in [0, 0.05) is 12.8 Å². The average molecular weight is 509 g/mol. The molecule has 4 aliphatic rings. The summed E-state index contributed by atoms with van der Waals surface area (Å²) in [6.45, 7) is 11.8. The van der Waals surface area contributed by atoms with Crippen LogP contribution in [0.15, 0.2) is 0 Å². The number of halogens is 2. The SMILES string of the molecule is CC1CCC(C2CCC(OC(F)(F)C3CCC(C(C)(C)C(C)(C)C4CCC(=O)CC4)CC3)CC2)CC1. The third-order valence-corrected chi connectivity index (χ3v) is 12.2. The number of hydrogen-bond acceptors (Lipinski definition) is 2. The zero-order valence-corrected chi connectivity index (χ0v) is 23.9. The number of carbonyl (C=O) groups is 1. The third kappa shape index (κ3) is 6.20. The van der Waals surface area contributed by atoms with Gasteiger partial charge in [0.05, 0.1) is 12.0 Å². The van der Waals surface area contributed by atoms with Crippen LogP contribution in [0, 0.1) is 46.3 Å². The van der Waals surface area contributed by atoms with Gasteiger partial charge in [-0.15, -0.1) is 0 Å². The Kier molecular flexibility index (Phi) is 8.95. The number of rotatable bonds is 7. The molecule has 0 saturated heterocycles. The second kappa shape index (κ2) is 11.3. The number of hydrogen-bond donors (Lipinski definition) is 0. The van der Waals surface area contributed by atoms with Crippen LogP contribution in [0.2, 0.25) is 0 Å². The topological polar surface area (TPSA) is 26.3 Å². The van der Waals surface area contributed by atoms with Gasteiger partial charge in [-0.3, -0.25) is 4.79 Å². The van der Waals surface area contributed by atoms with Gasteiger partial charge in [0.1, 0.15) is 5.78 Å². The van der Waals surface area contributed by atoms with Gasteiger partial charge in [-0.1, -0.05) is 47.5 Å². The van der Waals surface area contributed by atoms with Crippen LogP contribution >= 0.6 is 0 Å². The summed E-state index contributed by atoms with van der Waals surface area (Å²) in [5.41, 5.74) is 0.160. The summed E-state index contributed by atoms with van der Waals surface area (Å²) in [5.74, 6) is 3.17. The monoisotopic (exact) mass is 508 g/mol. The van der Waals surface area contributed by atoms with Crippen molar-refractivity contribution in [2.45, 2.75) is 150 Å². The van der Waals surface area contributed by atoms with E-state index in [1.54, 1.807) is 0 Å². The third-order valence-electron chi connectivity index (χ3n) is 12.2. The molecule has 0 radical (unpaired) electrons. The first-order chi connectivity index (χ1) is 16.9. The molecule has 4 aliphatic carbocycles. The van der Waals surface area contributed by atoms with Gasteiger partial charge in [0.25, 0.3) is 0 Å². The first-order valence-corrected chi connectivity index (χ1v) is 15.5. The summed E-state index contributed by atoms with van der Waals surface area (Å²) in [6.07, 6.45) is 12.1. The van der Waals surface area contributed by atoms with Gasteiger partial charge in [-0.2, -0.15) is 8.78 Å². The lowest BCUT2D eigenvalue weighted by Gasteiger charge is -2.54. The minimum absolute atomic E-state index is 0.0640. The van der Waals surface area contributed by atoms with E-state index in [2.05, 4.69) is 34.6 Å². The molecule has 0 aliphatic heterocycles. The molecule has 0 aromatic heterocycles. The highest BCUT2D eigenvalue weighted by molar-refractivity contribution is 5.79. The molecule has 4 saturated carbocycles. The molecule has 0 heterocycles. The van der Waals surface area contributed by atoms with Gasteiger partial charge < -0.3 is 4.74 Å². The van der Waals surface area contributed by atoms with E-state index in [0.717, 1.165) is 69.1 Å². The van der Waals surface area contributed by atoms with Gasteiger partial charge in [0.15, 0.2) is 0 Å². The number of ketones is 1. The van der Waals surface area contributed by atoms with E-state index in [9.17, 15) is 4.79 Å². The molecule has 4 heteroatoms. The molecule has 0 aromatic carbocycles. The minimum atomic E-state index is -2.99. The molecule has 0 aromatic rings. The Balaban J connectivity index is 1.25. The molecule has 4 rings (SSSR count). The lowest BCUT2D eigenvalue weighted by molar-refractivity contribution is -0.303. The van der Waals surface area contributed by atoms with Crippen molar-refractivity contribution in [1.29, 1.82) is 0 Å². The van der Waals surface area contributed by atoms with Crippen LogP contribution in [0.4, 0.5) is 8.78 Å². The molecule has 36 heavy (non-hydrogen) atoms. The van der Waals surface area contributed by atoms with Gasteiger partial charge in [0.2, 0.25) is 0 Å². The molecule has 0 N–H and O–H groups in total. The first kappa shape index (κ1) is 28.5. The van der Waals surface area contributed by atoms with Crippen molar-refractivity contribution in [1.82, 2.24) is 0 Å². The van der Waals surface area contributed by atoms with Gasteiger partial charge >= 0.3 is 6.11 Å². The van der Waals surface area contributed by atoms with Crippen LogP contribution in [0.1, 0.15) is 137 Å². The summed E-state index contributed by atoms with van der Waals surface area (Å²) in [4.78, 5) is 11.8. The molecule has 0 atom stereocenters. The van der Waals surface area contributed by atoms with E-state index in [4.69, 9.17) is 4.74 Å². The fraction of sp³-hybridized carbons (Fsp3) is 0.969. The molecule has 0 bridgehead atoms. The summed E-state index contributed by atoms with van der Waals surface area (Å²) in [6, 6.07) is 0. The summed E-state index contributed by atoms with van der Waals surface area (Å²) in [7, 11) is 0. The highest BCUT2D eigenvalue weighted by atomic mass is 19.3. The normalized spacial score (nSPS) is 36.1. The molecule has 0 amide bonds. The van der Waals surface area contributed by atoms with Crippen LogP contribution in [0.25, 0.3) is 0 Å². The van der Waals surface area contributed by atoms with E-state index in [1.807, 2.05) is 0 Å². The number of alkyl halides is 2. The predicted molar refractivity (Wildman–Crippen MR) is 143 cm³/mol. The Labute approximate surface area is 220 Å². The molecule has 0 spiro atoms. The van der Waals surface area contributed by atoms with Crippen molar-refractivity contribution < 1.29 is 18.3 Å². The number of Topliss-reactive ketones (excluding diaryl/α,β-unsaturated/α-hetero) is 1. The highest BCUT2D eigenvalue weighted by Crippen LogP contribution is 2.57. The number of ether oxygens (including phenoxy) is 1. The quantitative estimate of drug-likeness (QED) is 0.342. The Morgan fingerprint density at radius 1 is 0.611 bits per heavy atom. The maximum absolute atomic E-state index is 15.3. The largest absolute Gasteiger partial charge is 0.358 e. The summed E-state index contributed by atoms with van der Waals surface area (Å²) < 4.78 is 36.2. The molecule has 4 fully saturated rings. The van der Waals surface area contributed by atoms with E-state index < -0.39 is 12.0 Å². The van der Waals surface area contributed by atoms with Gasteiger partial charge in [-0.05, 0) is 117 Å². The van der Waals surface area contributed by atoms with Gasteiger partial charge in [-0.25, -0.2) is 0 Å². The Morgan fingerprint density at radius 2 is 1.03 bits per heavy atom. The van der Waals surface area contributed by atoms with Crippen molar-refractivity contribution in [3.8, 4) is 0 Å². The van der Waals surface area contributed by atoms with Crippen molar-refractivity contribution in [2.24, 2.45) is 46.3 Å². The van der Waals surface area contributed by atoms with Crippen LogP contribution in [0.5, 0.6) is 0 Å². The van der Waals surface area contributed by atoms with E-state index >= 15 is 8.78 Å². The fourth-order valence-corrected chi connectivity index (χ4v) is 8.62. The molecular formula is C32H54F2O2. The maximum Gasteiger partial charge on any atom is 0.358 e. The number of carbonyl (C=O) groups excluding carboxylic acids is 1. The van der Waals surface area contributed by atoms with Crippen molar-refractivity contribution in [2.75, 3.05) is 0 Å². The van der Waals surface area contributed by atoms with Crippen LogP contribution in [-0.4, -0.2) is 18.0 Å². The van der Waals surface area contributed by atoms with Crippen molar-refractivity contribution in [3.05, 3.63) is 0 Å². The summed E-state index contributed by atoms with van der Waals surface area (Å²) in [5, 5.41) is 0. The lowest BCUT2D eigenvalue weighted by Crippen LogP contribution is -2.47. The smallest absolute Gasteiger partial charge is 0.317 e. The molecule has 0 unspecified atom stereocenters. The van der Waals surface area contributed by atoms with Crippen molar-refractivity contribution in [3.63, 3.8) is 0 Å². The van der Waals surface area contributed by atoms with E-state index in [-0.39, 0.29) is 16.9 Å². The zero-order valence-electron chi connectivity index (χ0n) is 23.9. The lowest BCUT2D eigenvalue weighted by atomic mass is 9.51. The fourth-order valence-electron chi connectivity index (χ4n) is 8.62. The minimum Gasteiger partial charge on any atom is -0.317 e. The Bertz CT molecular complexity index is 710. The average Bonchev–Trinajstić information content (AvgIpc) is 2.85. The Hall–Kier alpha value is -0.510. The van der Waals surface area contributed by atoms with Crippen LogP contribution in [0.3, 0.4) is 0 Å². The first-order valence-electron chi connectivity index (χ1n) is 15.5. The molecular weight excluding hydrogens is 454 g/mol. The van der Waals surface area contributed by atoms with E-state index in [1.165, 1.54) is 25.7 Å². The second-order valence-electron chi connectivity index (χ2n) is 14.5. The molecule has 208 valence electrons.